The van der Waals surface area contributed by atoms with Crippen molar-refractivity contribution in [2.24, 2.45) is 4.99 Å². The highest BCUT2D eigenvalue weighted by Gasteiger charge is 2.15. The molecule has 0 spiro atoms. The molecular weight excluding hydrogens is 304 g/mol. The Morgan fingerprint density at radius 3 is 3.05 bits per heavy atom. The summed E-state index contributed by atoms with van der Waals surface area (Å²) in [7, 11) is 1.65. The lowest BCUT2D eigenvalue weighted by molar-refractivity contribution is -0.119. The van der Waals surface area contributed by atoms with Crippen molar-refractivity contribution >= 4 is 27.5 Å². The van der Waals surface area contributed by atoms with Crippen LogP contribution in [-0.2, 0) is 25.5 Å². The topological polar surface area (TPSA) is 62.1 Å². The van der Waals surface area contributed by atoms with Crippen molar-refractivity contribution in [3.63, 3.8) is 0 Å². The van der Waals surface area contributed by atoms with Gasteiger partial charge in [-0.1, -0.05) is 23.5 Å². The predicted octanol–water partition coefficient (Wildman–Crippen LogP) is 1.66. The van der Waals surface area contributed by atoms with E-state index in [0.29, 0.717) is 31.2 Å². The molecule has 1 aliphatic rings. The number of ether oxygens (including phenoxy) is 3. The fraction of sp³-hybridized carbons (Fsp3) is 0.333. The van der Waals surface area contributed by atoms with Crippen molar-refractivity contribution in [2.45, 2.75) is 6.54 Å². The molecule has 2 heterocycles. The average Bonchev–Trinajstić information content (AvgIpc) is 2.91. The largest absolute Gasteiger partial charge is 0.494 e. The molecule has 0 saturated carbocycles. The first kappa shape index (κ1) is 14.8. The van der Waals surface area contributed by atoms with Gasteiger partial charge in [0.25, 0.3) is 0 Å². The quantitative estimate of drug-likeness (QED) is 0.859. The predicted molar refractivity (Wildman–Crippen MR) is 82.2 cm³/mol. The summed E-state index contributed by atoms with van der Waals surface area (Å²) < 4.78 is 18.6. The van der Waals surface area contributed by atoms with Gasteiger partial charge in [-0.05, 0) is 12.1 Å². The molecule has 0 radical (unpaired) electrons. The summed E-state index contributed by atoms with van der Waals surface area (Å²) in [6.45, 7) is 1.99. The maximum Gasteiger partial charge on any atom is 0.317 e. The second kappa shape index (κ2) is 6.76. The van der Waals surface area contributed by atoms with Crippen molar-refractivity contribution in [1.82, 2.24) is 4.57 Å². The second-order valence-electron chi connectivity index (χ2n) is 4.62. The van der Waals surface area contributed by atoms with Crippen LogP contribution in [0.4, 0.5) is 0 Å². The molecule has 1 aromatic carbocycles. The van der Waals surface area contributed by atoms with E-state index in [2.05, 4.69) is 4.99 Å². The van der Waals surface area contributed by atoms with Crippen molar-refractivity contribution in [3.8, 4) is 0 Å². The molecule has 22 heavy (non-hydrogen) atoms. The fourth-order valence-electron chi connectivity index (χ4n) is 2.13. The summed E-state index contributed by atoms with van der Waals surface area (Å²) in [4.78, 5) is 17.0. The number of fused-ring (bicyclic) bond motifs is 1. The molecule has 116 valence electrons. The molecule has 3 rings (SSSR count). The minimum atomic E-state index is -0.433. The highest BCUT2D eigenvalue weighted by molar-refractivity contribution is 7.16. The Labute approximate surface area is 131 Å². The molecule has 0 N–H and O–H groups in total. The first-order chi connectivity index (χ1) is 10.8. The van der Waals surface area contributed by atoms with Crippen LogP contribution in [0.3, 0.4) is 0 Å². The second-order valence-corrected chi connectivity index (χ2v) is 5.62. The van der Waals surface area contributed by atoms with Crippen LogP contribution in [-0.4, -0.2) is 37.4 Å². The number of benzene rings is 1. The van der Waals surface area contributed by atoms with Gasteiger partial charge < -0.3 is 18.8 Å². The fourth-order valence-corrected chi connectivity index (χ4v) is 3.18. The van der Waals surface area contributed by atoms with Crippen molar-refractivity contribution in [1.29, 1.82) is 0 Å². The maximum atomic E-state index is 12.2. The summed E-state index contributed by atoms with van der Waals surface area (Å²) in [6.07, 6.45) is 1.32. The lowest BCUT2D eigenvalue weighted by atomic mass is 10.3. The number of carbonyl (C=O) groups excluding carboxylic acids is 1. The Hall–Kier alpha value is -2.12. The number of methoxy groups -OCH3 is 1. The highest BCUT2D eigenvalue weighted by atomic mass is 32.1. The van der Waals surface area contributed by atoms with Gasteiger partial charge in [0, 0.05) is 13.7 Å². The highest BCUT2D eigenvalue weighted by Crippen LogP contribution is 2.17. The zero-order chi connectivity index (χ0) is 15.4. The van der Waals surface area contributed by atoms with Gasteiger partial charge in [0.05, 0.1) is 16.8 Å². The first-order valence-electron chi connectivity index (χ1n) is 6.90. The number of para-hydroxylation sites is 1. The van der Waals surface area contributed by atoms with Crippen LogP contribution in [0.15, 0.2) is 41.3 Å². The number of amides is 1. The number of hydrogen-bond acceptors (Lipinski definition) is 5. The molecule has 0 saturated heterocycles. The van der Waals surface area contributed by atoms with E-state index in [9.17, 15) is 4.79 Å². The molecule has 7 heteroatoms. The molecule has 1 aliphatic heterocycles. The van der Waals surface area contributed by atoms with E-state index in [1.165, 1.54) is 17.6 Å². The average molecular weight is 320 g/mol. The first-order valence-corrected chi connectivity index (χ1v) is 7.72. The van der Waals surface area contributed by atoms with E-state index in [1.807, 2.05) is 28.8 Å². The summed E-state index contributed by atoms with van der Waals surface area (Å²) in [5.41, 5.74) is 1.03. The Kier molecular flexibility index (Phi) is 4.55. The Balaban J connectivity index is 2.02. The molecule has 1 aromatic heterocycles. The minimum Gasteiger partial charge on any atom is -0.494 e. The standard InChI is InChI=1S/C15H16N2O4S/c1-19-7-6-17-11-4-2-3-5-13(11)22-15(17)16-14(18)12-10-20-8-9-21-12/h2-5,10H,6-9H2,1H3. The number of rotatable bonds is 4. The molecule has 0 bridgehead atoms. The van der Waals surface area contributed by atoms with Crippen LogP contribution >= 0.6 is 11.3 Å². The zero-order valence-corrected chi connectivity index (χ0v) is 13.0. The maximum absolute atomic E-state index is 12.2. The van der Waals surface area contributed by atoms with Crippen molar-refractivity contribution in [2.75, 3.05) is 26.9 Å². The number of carbonyl (C=O) groups is 1. The van der Waals surface area contributed by atoms with E-state index in [4.69, 9.17) is 14.2 Å². The van der Waals surface area contributed by atoms with Crippen LogP contribution in [0.25, 0.3) is 10.2 Å². The lowest BCUT2D eigenvalue weighted by Crippen LogP contribution is -2.21. The van der Waals surface area contributed by atoms with Crippen molar-refractivity contribution in [3.05, 3.63) is 41.1 Å². The molecular formula is C15H16N2O4S. The zero-order valence-electron chi connectivity index (χ0n) is 12.2. The van der Waals surface area contributed by atoms with Crippen LogP contribution in [0.5, 0.6) is 0 Å². The molecule has 2 aromatic rings. The molecule has 6 nitrogen and oxygen atoms in total. The number of hydrogen-bond donors (Lipinski definition) is 0. The van der Waals surface area contributed by atoms with Gasteiger partial charge in [-0.15, -0.1) is 0 Å². The Morgan fingerprint density at radius 1 is 1.41 bits per heavy atom. The third-order valence-corrected chi connectivity index (χ3v) is 4.22. The Bertz CT molecular complexity index is 775. The van der Waals surface area contributed by atoms with Crippen LogP contribution in [0.1, 0.15) is 0 Å². The number of thiazole rings is 1. The van der Waals surface area contributed by atoms with Gasteiger partial charge in [0.2, 0.25) is 5.76 Å². The van der Waals surface area contributed by atoms with Gasteiger partial charge in [-0.3, -0.25) is 4.79 Å². The third kappa shape index (κ3) is 3.05. The summed E-state index contributed by atoms with van der Waals surface area (Å²) in [5.74, 6) is -0.292. The summed E-state index contributed by atoms with van der Waals surface area (Å²) in [5, 5.41) is 0. The monoisotopic (exact) mass is 320 g/mol. The molecule has 0 fully saturated rings. The van der Waals surface area contributed by atoms with Crippen LogP contribution < -0.4 is 4.80 Å². The summed E-state index contributed by atoms with van der Waals surface area (Å²) >= 11 is 1.46. The minimum absolute atomic E-state index is 0.141. The molecule has 0 aliphatic carbocycles. The van der Waals surface area contributed by atoms with Gasteiger partial charge in [-0.2, -0.15) is 4.99 Å². The van der Waals surface area contributed by atoms with Crippen LogP contribution in [0.2, 0.25) is 0 Å². The molecule has 1 amide bonds. The number of aromatic nitrogens is 1. The third-order valence-electron chi connectivity index (χ3n) is 3.16. The van der Waals surface area contributed by atoms with Gasteiger partial charge in [0.1, 0.15) is 19.5 Å². The summed E-state index contributed by atoms with van der Waals surface area (Å²) in [6, 6.07) is 7.94. The van der Waals surface area contributed by atoms with Gasteiger partial charge in [-0.25, -0.2) is 0 Å². The van der Waals surface area contributed by atoms with E-state index < -0.39 is 5.91 Å². The smallest absolute Gasteiger partial charge is 0.317 e. The van der Waals surface area contributed by atoms with Crippen molar-refractivity contribution < 1.29 is 19.0 Å². The van der Waals surface area contributed by atoms with E-state index in [-0.39, 0.29) is 5.76 Å². The normalized spacial score (nSPS) is 15.3. The lowest BCUT2D eigenvalue weighted by Gasteiger charge is -2.12. The van der Waals surface area contributed by atoms with E-state index in [1.54, 1.807) is 7.11 Å². The van der Waals surface area contributed by atoms with E-state index in [0.717, 1.165) is 10.2 Å². The SMILES string of the molecule is COCCn1c(=NC(=O)C2=COCCO2)sc2ccccc21. The van der Waals surface area contributed by atoms with Crippen LogP contribution in [0, 0.1) is 0 Å². The molecule has 0 unspecified atom stereocenters. The van der Waals surface area contributed by atoms with Gasteiger partial charge >= 0.3 is 5.91 Å². The number of nitrogens with zero attached hydrogens (tertiary/aromatic N) is 2. The van der Waals surface area contributed by atoms with E-state index >= 15 is 0 Å². The van der Waals surface area contributed by atoms with Gasteiger partial charge in [0.15, 0.2) is 4.80 Å². The molecule has 0 atom stereocenters. The Morgan fingerprint density at radius 2 is 2.27 bits per heavy atom.